The number of alkyl halides is 2. The first-order valence-electron chi connectivity index (χ1n) is 10.5. The summed E-state index contributed by atoms with van der Waals surface area (Å²) in [6, 6.07) is 15.6. The van der Waals surface area contributed by atoms with Crippen LogP contribution in [0.2, 0.25) is 0 Å². The van der Waals surface area contributed by atoms with Crippen LogP contribution >= 0.6 is 0 Å². The van der Waals surface area contributed by atoms with Crippen molar-refractivity contribution in [2.24, 2.45) is 0 Å². The highest BCUT2D eigenvalue weighted by molar-refractivity contribution is 5.97. The van der Waals surface area contributed by atoms with E-state index in [2.05, 4.69) is 56.4 Å². The van der Waals surface area contributed by atoms with Crippen molar-refractivity contribution >= 4 is 16.9 Å². The SMILES string of the molecule is CN1CCN(CCCNC(=O)c2ccc3nc(C(F)F)[nH]c3c2)C(c2ccccc2)C1. The highest BCUT2D eigenvalue weighted by atomic mass is 19.3. The average Bonchev–Trinajstić information content (AvgIpc) is 3.22. The number of carbonyl (C=O) groups is 1. The van der Waals surface area contributed by atoms with E-state index in [0.29, 0.717) is 29.2 Å². The number of imidazole rings is 1. The topological polar surface area (TPSA) is 64.3 Å². The normalized spacial score (nSPS) is 18.0. The summed E-state index contributed by atoms with van der Waals surface area (Å²) in [6.45, 7) is 4.45. The van der Waals surface area contributed by atoms with E-state index >= 15 is 0 Å². The maximum atomic E-state index is 12.8. The molecule has 1 saturated heterocycles. The van der Waals surface area contributed by atoms with Crippen LogP contribution in [0.1, 0.15) is 40.6 Å². The molecule has 31 heavy (non-hydrogen) atoms. The van der Waals surface area contributed by atoms with Crippen LogP contribution < -0.4 is 5.32 Å². The molecule has 2 N–H and O–H groups in total. The van der Waals surface area contributed by atoms with Gasteiger partial charge in [-0.1, -0.05) is 30.3 Å². The Morgan fingerprint density at radius 1 is 1.23 bits per heavy atom. The monoisotopic (exact) mass is 427 g/mol. The maximum Gasteiger partial charge on any atom is 0.295 e. The van der Waals surface area contributed by atoms with Gasteiger partial charge in [0, 0.05) is 44.3 Å². The number of benzene rings is 2. The van der Waals surface area contributed by atoms with Crippen molar-refractivity contribution in [1.82, 2.24) is 25.1 Å². The van der Waals surface area contributed by atoms with Crippen molar-refractivity contribution in [3.05, 3.63) is 65.5 Å². The van der Waals surface area contributed by atoms with Crippen LogP contribution in [0.3, 0.4) is 0 Å². The smallest absolute Gasteiger partial charge is 0.295 e. The molecule has 1 unspecified atom stereocenters. The van der Waals surface area contributed by atoms with Crippen molar-refractivity contribution in [2.45, 2.75) is 18.9 Å². The molecule has 0 saturated carbocycles. The zero-order valence-corrected chi connectivity index (χ0v) is 17.5. The number of aromatic amines is 1. The molecular formula is C23H27F2N5O. The van der Waals surface area contributed by atoms with Gasteiger partial charge in [-0.2, -0.15) is 0 Å². The number of likely N-dealkylation sites (N-methyl/N-ethyl adjacent to an activating group) is 1. The minimum Gasteiger partial charge on any atom is -0.352 e. The largest absolute Gasteiger partial charge is 0.352 e. The predicted molar refractivity (Wildman–Crippen MR) is 116 cm³/mol. The predicted octanol–water partition coefficient (Wildman–Crippen LogP) is 3.61. The summed E-state index contributed by atoms with van der Waals surface area (Å²) in [4.78, 5) is 23.7. The fraction of sp³-hybridized carbons (Fsp3) is 0.391. The molecular weight excluding hydrogens is 400 g/mol. The van der Waals surface area contributed by atoms with Crippen LogP contribution in [0.4, 0.5) is 8.78 Å². The quantitative estimate of drug-likeness (QED) is 0.566. The van der Waals surface area contributed by atoms with Gasteiger partial charge in [0.25, 0.3) is 12.3 Å². The lowest BCUT2D eigenvalue weighted by molar-refractivity contribution is 0.0866. The lowest BCUT2D eigenvalue weighted by atomic mass is 10.0. The molecule has 1 aliphatic heterocycles. The number of nitrogens with zero attached hydrogens (tertiary/aromatic N) is 3. The molecule has 1 aromatic heterocycles. The van der Waals surface area contributed by atoms with E-state index in [1.807, 2.05) is 6.07 Å². The Bertz CT molecular complexity index is 1020. The van der Waals surface area contributed by atoms with E-state index in [0.717, 1.165) is 32.6 Å². The second-order valence-electron chi connectivity index (χ2n) is 7.99. The van der Waals surface area contributed by atoms with Gasteiger partial charge in [0.15, 0.2) is 5.82 Å². The first-order chi connectivity index (χ1) is 15.0. The summed E-state index contributed by atoms with van der Waals surface area (Å²) >= 11 is 0. The van der Waals surface area contributed by atoms with Gasteiger partial charge in [-0.05, 0) is 37.2 Å². The van der Waals surface area contributed by atoms with E-state index < -0.39 is 6.43 Å². The van der Waals surface area contributed by atoms with E-state index in [4.69, 9.17) is 0 Å². The summed E-state index contributed by atoms with van der Waals surface area (Å²) in [7, 11) is 2.15. The zero-order valence-electron chi connectivity index (χ0n) is 17.5. The Balaban J connectivity index is 1.31. The van der Waals surface area contributed by atoms with E-state index in [1.165, 1.54) is 5.56 Å². The van der Waals surface area contributed by atoms with Crippen molar-refractivity contribution in [2.75, 3.05) is 39.8 Å². The van der Waals surface area contributed by atoms with Gasteiger partial charge >= 0.3 is 0 Å². The van der Waals surface area contributed by atoms with Gasteiger partial charge in [-0.25, -0.2) is 13.8 Å². The van der Waals surface area contributed by atoms with Gasteiger partial charge < -0.3 is 15.2 Å². The Kier molecular flexibility index (Phi) is 6.58. The average molecular weight is 427 g/mol. The molecule has 1 atom stereocenters. The fourth-order valence-corrected chi connectivity index (χ4v) is 4.08. The van der Waals surface area contributed by atoms with Crippen molar-refractivity contribution < 1.29 is 13.6 Å². The lowest BCUT2D eigenvalue weighted by Gasteiger charge is -2.40. The number of hydrogen-bond donors (Lipinski definition) is 2. The number of fused-ring (bicyclic) bond motifs is 1. The van der Waals surface area contributed by atoms with Crippen LogP contribution in [0, 0.1) is 0 Å². The molecule has 3 aromatic rings. The molecule has 164 valence electrons. The Hall–Kier alpha value is -2.84. The van der Waals surface area contributed by atoms with Crippen molar-refractivity contribution in [1.29, 1.82) is 0 Å². The van der Waals surface area contributed by atoms with Crippen LogP contribution in [-0.2, 0) is 0 Å². The fourth-order valence-electron chi connectivity index (χ4n) is 4.08. The minimum atomic E-state index is -2.67. The first-order valence-corrected chi connectivity index (χ1v) is 10.5. The van der Waals surface area contributed by atoms with E-state index in [1.54, 1.807) is 18.2 Å². The highest BCUT2D eigenvalue weighted by Gasteiger charge is 2.26. The molecule has 1 fully saturated rings. The number of rotatable bonds is 7. The van der Waals surface area contributed by atoms with Crippen LogP contribution in [0.15, 0.2) is 48.5 Å². The molecule has 2 aromatic carbocycles. The van der Waals surface area contributed by atoms with Crippen molar-refractivity contribution in [3.63, 3.8) is 0 Å². The lowest BCUT2D eigenvalue weighted by Crippen LogP contribution is -2.47. The van der Waals surface area contributed by atoms with E-state index in [9.17, 15) is 13.6 Å². The minimum absolute atomic E-state index is 0.215. The number of halogens is 2. The molecule has 0 spiro atoms. The van der Waals surface area contributed by atoms with Gasteiger partial charge in [0.1, 0.15) is 0 Å². The third-order valence-corrected chi connectivity index (χ3v) is 5.76. The molecule has 0 aliphatic carbocycles. The van der Waals surface area contributed by atoms with Crippen LogP contribution in [-0.4, -0.2) is 65.4 Å². The number of piperazine rings is 1. The van der Waals surface area contributed by atoms with Crippen LogP contribution in [0.25, 0.3) is 11.0 Å². The zero-order chi connectivity index (χ0) is 21.8. The number of aromatic nitrogens is 2. The Labute approximate surface area is 180 Å². The Morgan fingerprint density at radius 2 is 2.03 bits per heavy atom. The molecule has 2 heterocycles. The molecule has 8 heteroatoms. The number of nitrogens with one attached hydrogen (secondary N) is 2. The number of amides is 1. The van der Waals surface area contributed by atoms with Gasteiger partial charge in [0.05, 0.1) is 11.0 Å². The second kappa shape index (κ2) is 9.53. The summed E-state index contributed by atoms with van der Waals surface area (Å²) in [5.74, 6) is -0.596. The summed E-state index contributed by atoms with van der Waals surface area (Å²) in [5, 5.41) is 2.94. The summed E-state index contributed by atoms with van der Waals surface area (Å²) in [6.07, 6.45) is -1.83. The molecule has 0 bridgehead atoms. The number of carbonyl (C=O) groups excluding carboxylic acids is 1. The molecule has 1 aliphatic rings. The third-order valence-electron chi connectivity index (χ3n) is 5.76. The third kappa shape index (κ3) is 5.08. The maximum absolute atomic E-state index is 12.8. The molecule has 4 rings (SSSR count). The van der Waals surface area contributed by atoms with Gasteiger partial charge in [-0.3, -0.25) is 9.69 Å². The highest BCUT2D eigenvalue weighted by Crippen LogP contribution is 2.25. The molecule has 6 nitrogen and oxygen atoms in total. The standard InChI is InChI=1S/C23H27F2N5O/c1-29-12-13-30(20(15-29)16-6-3-2-4-7-16)11-5-10-26-23(31)17-8-9-18-19(14-17)28-22(27-18)21(24)25/h2-4,6-9,14,20-21H,5,10-13,15H2,1H3,(H,26,31)(H,27,28). The summed E-state index contributed by atoms with van der Waals surface area (Å²) < 4.78 is 25.6. The molecule has 0 radical (unpaired) electrons. The Morgan fingerprint density at radius 3 is 2.81 bits per heavy atom. The number of H-pyrrole nitrogens is 1. The van der Waals surface area contributed by atoms with Crippen LogP contribution in [0.5, 0.6) is 0 Å². The van der Waals surface area contributed by atoms with E-state index in [-0.39, 0.29) is 11.7 Å². The molecule has 1 amide bonds. The first kappa shape index (κ1) is 21.4. The van der Waals surface area contributed by atoms with Gasteiger partial charge in [0.2, 0.25) is 0 Å². The van der Waals surface area contributed by atoms with Gasteiger partial charge in [-0.15, -0.1) is 0 Å². The summed E-state index contributed by atoms with van der Waals surface area (Å²) in [5.41, 5.74) is 2.60. The number of hydrogen-bond acceptors (Lipinski definition) is 4. The van der Waals surface area contributed by atoms with Crippen molar-refractivity contribution in [3.8, 4) is 0 Å². The second-order valence-corrected chi connectivity index (χ2v) is 7.99.